The van der Waals surface area contributed by atoms with Gasteiger partial charge in [0.2, 0.25) is 5.91 Å². The zero-order valence-electron chi connectivity index (χ0n) is 19.4. The van der Waals surface area contributed by atoms with Gasteiger partial charge >= 0.3 is 6.18 Å². The van der Waals surface area contributed by atoms with Crippen molar-refractivity contribution in [3.8, 4) is 0 Å². The molecule has 1 unspecified atom stereocenters. The lowest BCUT2D eigenvalue weighted by Gasteiger charge is -2.38. The van der Waals surface area contributed by atoms with Crippen LogP contribution in [-0.2, 0) is 23.9 Å². The van der Waals surface area contributed by atoms with Gasteiger partial charge in [-0.05, 0) is 48.2 Å². The molecule has 188 valence electrons. The first kappa shape index (κ1) is 23.9. The van der Waals surface area contributed by atoms with E-state index in [0.717, 1.165) is 23.4 Å². The SMILES string of the molecule is O=C(NC1CCN(c2ccc(C(F)(F)F)cn2)CC1)C1Cc2ccccc2CN1C(=O)c1ccco1. The van der Waals surface area contributed by atoms with Crippen LogP contribution in [0.15, 0.2) is 65.4 Å². The molecule has 5 rings (SSSR count). The van der Waals surface area contributed by atoms with Gasteiger partial charge in [-0.25, -0.2) is 4.98 Å². The van der Waals surface area contributed by atoms with Gasteiger partial charge < -0.3 is 19.5 Å². The van der Waals surface area contributed by atoms with E-state index >= 15 is 0 Å². The van der Waals surface area contributed by atoms with Crippen LogP contribution in [0.3, 0.4) is 0 Å². The lowest BCUT2D eigenvalue weighted by atomic mass is 9.92. The third-order valence-corrected chi connectivity index (χ3v) is 6.78. The van der Waals surface area contributed by atoms with Crippen molar-refractivity contribution >= 4 is 17.6 Å². The Kier molecular flexibility index (Phi) is 6.42. The van der Waals surface area contributed by atoms with E-state index < -0.39 is 17.8 Å². The van der Waals surface area contributed by atoms with Gasteiger partial charge in [-0.3, -0.25) is 9.59 Å². The molecule has 0 spiro atoms. The van der Waals surface area contributed by atoms with Crippen molar-refractivity contribution < 1.29 is 27.2 Å². The van der Waals surface area contributed by atoms with Crippen molar-refractivity contribution in [2.45, 2.75) is 44.1 Å². The van der Waals surface area contributed by atoms with Crippen molar-refractivity contribution in [3.63, 3.8) is 0 Å². The zero-order valence-corrected chi connectivity index (χ0v) is 19.4. The molecule has 1 fully saturated rings. The average molecular weight is 499 g/mol. The number of carbonyl (C=O) groups is 2. The fourth-order valence-electron chi connectivity index (χ4n) is 4.80. The Labute approximate surface area is 205 Å². The first-order valence-corrected chi connectivity index (χ1v) is 11.8. The Morgan fingerprint density at radius 3 is 2.39 bits per heavy atom. The van der Waals surface area contributed by atoms with Crippen LogP contribution in [-0.4, -0.2) is 46.9 Å². The number of carbonyl (C=O) groups excluding carboxylic acids is 2. The number of benzene rings is 1. The summed E-state index contributed by atoms with van der Waals surface area (Å²) in [6.45, 7) is 1.41. The average Bonchev–Trinajstić information content (AvgIpc) is 3.43. The molecule has 1 N–H and O–H groups in total. The minimum atomic E-state index is -4.42. The first-order valence-electron chi connectivity index (χ1n) is 11.8. The smallest absolute Gasteiger partial charge is 0.417 e. The molecule has 2 aliphatic heterocycles. The van der Waals surface area contributed by atoms with Gasteiger partial charge in [0.25, 0.3) is 5.91 Å². The number of nitrogens with zero attached hydrogens (tertiary/aromatic N) is 3. The highest BCUT2D eigenvalue weighted by Gasteiger charge is 2.37. The zero-order chi connectivity index (χ0) is 25.3. The minimum absolute atomic E-state index is 0.110. The van der Waals surface area contributed by atoms with Crippen LogP contribution in [0.2, 0.25) is 0 Å². The summed E-state index contributed by atoms with van der Waals surface area (Å²) >= 11 is 0. The molecule has 4 heterocycles. The molecular formula is C26H25F3N4O3. The number of rotatable bonds is 4. The van der Waals surface area contributed by atoms with Gasteiger partial charge in [0.05, 0.1) is 11.8 Å². The summed E-state index contributed by atoms with van der Waals surface area (Å²) in [6, 6.07) is 12.6. The fraction of sp³-hybridized carbons (Fsp3) is 0.346. The summed E-state index contributed by atoms with van der Waals surface area (Å²) in [7, 11) is 0. The molecule has 7 nitrogen and oxygen atoms in total. The van der Waals surface area contributed by atoms with E-state index in [1.165, 1.54) is 12.3 Å². The number of alkyl halides is 3. The van der Waals surface area contributed by atoms with Gasteiger partial charge in [-0.15, -0.1) is 0 Å². The number of pyridine rings is 1. The topological polar surface area (TPSA) is 78.7 Å². The van der Waals surface area contributed by atoms with E-state index in [4.69, 9.17) is 4.42 Å². The normalized spacial score (nSPS) is 18.6. The predicted octanol–water partition coefficient (Wildman–Crippen LogP) is 4.05. The van der Waals surface area contributed by atoms with E-state index in [-0.39, 0.29) is 23.6 Å². The van der Waals surface area contributed by atoms with Crippen LogP contribution in [0.4, 0.5) is 19.0 Å². The van der Waals surface area contributed by atoms with Gasteiger partial charge in [-0.2, -0.15) is 13.2 Å². The number of amides is 2. The highest BCUT2D eigenvalue weighted by molar-refractivity contribution is 5.96. The monoisotopic (exact) mass is 498 g/mol. The number of halogens is 3. The Morgan fingerprint density at radius 1 is 1.00 bits per heavy atom. The first-order chi connectivity index (χ1) is 17.3. The molecular weight excluding hydrogens is 473 g/mol. The molecule has 10 heteroatoms. The Bertz CT molecular complexity index is 1220. The van der Waals surface area contributed by atoms with E-state index in [1.54, 1.807) is 17.0 Å². The number of hydrogen-bond acceptors (Lipinski definition) is 5. The predicted molar refractivity (Wildman–Crippen MR) is 125 cm³/mol. The molecule has 2 aliphatic rings. The van der Waals surface area contributed by atoms with Crippen LogP contribution in [0.25, 0.3) is 0 Å². The quantitative estimate of drug-likeness (QED) is 0.588. The lowest BCUT2D eigenvalue weighted by Crippen LogP contribution is -2.55. The summed E-state index contributed by atoms with van der Waals surface area (Å²) in [5, 5.41) is 3.09. The number of fused-ring (bicyclic) bond motifs is 1. The molecule has 1 atom stereocenters. The minimum Gasteiger partial charge on any atom is -0.459 e. The highest BCUT2D eigenvalue weighted by Crippen LogP contribution is 2.30. The van der Waals surface area contributed by atoms with Crippen molar-refractivity contribution in [1.29, 1.82) is 0 Å². The maximum absolute atomic E-state index is 13.4. The molecule has 1 aromatic carbocycles. The molecule has 1 saturated heterocycles. The molecule has 2 aromatic heterocycles. The third kappa shape index (κ3) is 4.93. The molecule has 0 radical (unpaired) electrons. The molecule has 3 aromatic rings. The van der Waals surface area contributed by atoms with Crippen molar-refractivity contribution in [2.24, 2.45) is 0 Å². The summed E-state index contributed by atoms with van der Waals surface area (Å²) < 4.78 is 43.7. The maximum atomic E-state index is 13.4. The van der Waals surface area contributed by atoms with E-state index in [0.29, 0.717) is 44.7 Å². The van der Waals surface area contributed by atoms with E-state index in [1.807, 2.05) is 29.2 Å². The summed E-state index contributed by atoms with van der Waals surface area (Å²) in [5.74, 6) is 0.102. The fourth-order valence-corrected chi connectivity index (χ4v) is 4.80. The number of aromatic nitrogens is 1. The second-order valence-corrected chi connectivity index (χ2v) is 9.07. The number of nitrogens with one attached hydrogen (secondary N) is 1. The second-order valence-electron chi connectivity index (χ2n) is 9.07. The summed E-state index contributed by atoms with van der Waals surface area (Å²) in [4.78, 5) is 33.9. The number of piperidine rings is 1. The van der Waals surface area contributed by atoms with Crippen molar-refractivity contribution in [2.75, 3.05) is 18.0 Å². The Hall–Kier alpha value is -3.82. The largest absolute Gasteiger partial charge is 0.459 e. The van der Waals surface area contributed by atoms with E-state index in [9.17, 15) is 22.8 Å². The van der Waals surface area contributed by atoms with Crippen LogP contribution in [0.1, 0.15) is 40.1 Å². The second kappa shape index (κ2) is 9.67. The lowest BCUT2D eigenvalue weighted by molar-refractivity contribution is -0.137. The number of furan rings is 1. The number of anilines is 1. The van der Waals surface area contributed by atoms with Gasteiger partial charge in [0.15, 0.2) is 5.76 Å². The summed E-state index contributed by atoms with van der Waals surface area (Å²) in [5.41, 5.74) is 1.25. The van der Waals surface area contributed by atoms with Crippen LogP contribution in [0.5, 0.6) is 0 Å². The van der Waals surface area contributed by atoms with Crippen LogP contribution >= 0.6 is 0 Å². The molecule has 0 aliphatic carbocycles. The van der Waals surface area contributed by atoms with E-state index in [2.05, 4.69) is 10.3 Å². The summed E-state index contributed by atoms with van der Waals surface area (Å²) in [6.07, 6.45) is -0.514. The van der Waals surface area contributed by atoms with Crippen molar-refractivity contribution in [1.82, 2.24) is 15.2 Å². The molecule has 0 bridgehead atoms. The Morgan fingerprint density at radius 2 is 1.75 bits per heavy atom. The third-order valence-electron chi connectivity index (χ3n) is 6.78. The number of hydrogen-bond donors (Lipinski definition) is 1. The maximum Gasteiger partial charge on any atom is 0.417 e. The Balaban J connectivity index is 1.24. The van der Waals surface area contributed by atoms with Gasteiger partial charge in [-0.1, -0.05) is 24.3 Å². The van der Waals surface area contributed by atoms with Gasteiger partial charge in [0.1, 0.15) is 11.9 Å². The highest BCUT2D eigenvalue weighted by atomic mass is 19.4. The molecule has 2 amide bonds. The van der Waals surface area contributed by atoms with Gasteiger partial charge in [0, 0.05) is 38.3 Å². The standard InChI is InChI=1S/C26H25F3N4O3/c27-26(28,29)19-7-8-23(30-15-19)32-11-9-20(10-12-32)31-24(34)21-14-17-4-1-2-5-18(17)16-33(21)25(35)22-6-3-13-36-22/h1-8,13,15,20-21H,9-12,14,16H2,(H,31,34). The van der Waals surface area contributed by atoms with Crippen molar-refractivity contribution in [3.05, 3.63) is 83.4 Å². The van der Waals surface area contributed by atoms with Crippen LogP contribution in [0, 0.1) is 0 Å². The molecule has 36 heavy (non-hydrogen) atoms. The van der Waals surface area contributed by atoms with Crippen LogP contribution < -0.4 is 10.2 Å². The molecule has 0 saturated carbocycles.